The predicted octanol–water partition coefficient (Wildman–Crippen LogP) is 3.51. The predicted molar refractivity (Wildman–Crippen MR) is 82.1 cm³/mol. The van der Waals surface area contributed by atoms with Crippen molar-refractivity contribution in [3.8, 4) is 17.0 Å². The standard InChI is InChI=1S/C16H15ClN2O3/c1-2-21-16(20)14-8-13(18-9-19-14)10-3-6-15(12(17)7-10)22-11-4-5-11/h3,6-9,11H,2,4-5H2,1H3. The quantitative estimate of drug-likeness (QED) is 0.789. The molecule has 1 aliphatic rings. The molecule has 1 heterocycles. The molecule has 3 rings (SSSR count). The molecule has 0 unspecified atom stereocenters. The first-order chi connectivity index (χ1) is 10.7. The van der Waals surface area contributed by atoms with Crippen LogP contribution in [-0.4, -0.2) is 28.6 Å². The summed E-state index contributed by atoms with van der Waals surface area (Å²) in [5.74, 6) is 0.207. The minimum absolute atomic E-state index is 0.223. The normalized spacial score (nSPS) is 13.7. The number of halogens is 1. The molecule has 114 valence electrons. The van der Waals surface area contributed by atoms with Gasteiger partial charge in [0.1, 0.15) is 12.1 Å². The Labute approximate surface area is 133 Å². The fourth-order valence-corrected chi connectivity index (χ4v) is 2.18. The Morgan fingerprint density at radius 3 is 2.82 bits per heavy atom. The van der Waals surface area contributed by atoms with Gasteiger partial charge in [0.05, 0.1) is 23.4 Å². The Kier molecular flexibility index (Phi) is 4.24. The zero-order chi connectivity index (χ0) is 15.5. The summed E-state index contributed by atoms with van der Waals surface area (Å²) >= 11 is 6.24. The number of carbonyl (C=O) groups is 1. The molecule has 5 nitrogen and oxygen atoms in total. The fraction of sp³-hybridized carbons (Fsp3) is 0.312. The van der Waals surface area contributed by atoms with Gasteiger partial charge in [-0.2, -0.15) is 0 Å². The van der Waals surface area contributed by atoms with Crippen LogP contribution in [0.1, 0.15) is 30.3 Å². The van der Waals surface area contributed by atoms with Crippen LogP contribution in [0.2, 0.25) is 5.02 Å². The Morgan fingerprint density at radius 2 is 2.14 bits per heavy atom. The van der Waals surface area contributed by atoms with Crippen LogP contribution in [0.3, 0.4) is 0 Å². The topological polar surface area (TPSA) is 61.3 Å². The van der Waals surface area contributed by atoms with Gasteiger partial charge in [-0.15, -0.1) is 0 Å². The van der Waals surface area contributed by atoms with Crippen LogP contribution < -0.4 is 4.74 Å². The molecule has 2 aromatic rings. The van der Waals surface area contributed by atoms with Crippen LogP contribution in [0.15, 0.2) is 30.6 Å². The molecule has 1 saturated carbocycles. The Bertz CT molecular complexity index is 702. The third kappa shape index (κ3) is 3.36. The molecule has 0 spiro atoms. The molecule has 0 amide bonds. The van der Waals surface area contributed by atoms with E-state index in [2.05, 4.69) is 9.97 Å². The molecule has 1 fully saturated rings. The summed E-state index contributed by atoms with van der Waals surface area (Å²) in [4.78, 5) is 19.8. The van der Waals surface area contributed by atoms with E-state index in [9.17, 15) is 4.79 Å². The van der Waals surface area contributed by atoms with Crippen molar-refractivity contribution in [1.29, 1.82) is 0 Å². The molecule has 0 aliphatic heterocycles. The number of hydrogen-bond donors (Lipinski definition) is 0. The lowest BCUT2D eigenvalue weighted by atomic mass is 10.1. The molecule has 6 heteroatoms. The van der Waals surface area contributed by atoms with E-state index in [0.717, 1.165) is 18.4 Å². The maximum absolute atomic E-state index is 11.7. The third-order valence-corrected chi connectivity index (χ3v) is 3.49. The molecular weight excluding hydrogens is 304 g/mol. The van der Waals surface area contributed by atoms with Crippen LogP contribution in [0.4, 0.5) is 0 Å². The SMILES string of the molecule is CCOC(=O)c1cc(-c2ccc(OC3CC3)c(Cl)c2)ncn1. The number of ether oxygens (including phenoxy) is 2. The molecule has 22 heavy (non-hydrogen) atoms. The number of carbonyl (C=O) groups excluding carboxylic acids is 1. The molecule has 0 N–H and O–H groups in total. The van der Waals surface area contributed by atoms with Crippen molar-refractivity contribution < 1.29 is 14.3 Å². The van der Waals surface area contributed by atoms with Gasteiger partial charge >= 0.3 is 5.97 Å². The van der Waals surface area contributed by atoms with Crippen LogP contribution in [0.25, 0.3) is 11.3 Å². The molecular formula is C16H15ClN2O3. The van der Waals surface area contributed by atoms with Crippen LogP contribution >= 0.6 is 11.6 Å². The van der Waals surface area contributed by atoms with Crippen LogP contribution in [0, 0.1) is 0 Å². The summed E-state index contributed by atoms with van der Waals surface area (Å²) in [6.45, 7) is 2.05. The van der Waals surface area contributed by atoms with Gasteiger partial charge < -0.3 is 9.47 Å². The van der Waals surface area contributed by atoms with Gasteiger partial charge in [-0.3, -0.25) is 0 Å². The van der Waals surface area contributed by atoms with Crippen molar-refractivity contribution in [2.75, 3.05) is 6.61 Å². The van der Waals surface area contributed by atoms with Crippen molar-refractivity contribution in [3.05, 3.63) is 41.3 Å². The number of rotatable bonds is 5. The van der Waals surface area contributed by atoms with Gasteiger partial charge in [0.25, 0.3) is 0 Å². The lowest BCUT2D eigenvalue weighted by molar-refractivity contribution is 0.0519. The summed E-state index contributed by atoms with van der Waals surface area (Å²) < 4.78 is 10.6. The largest absolute Gasteiger partial charge is 0.489 e. The van der Waals surface area contributed by atoms with E-state index in [1.54, 1.807) is 19.1 Å². The zero-order valence-corrected chi connectivity index (χ0v) is 12.8. The average molecular weight is 319 g/mol. The van der Waals surface area contributed by atoms with Gasteiger partial charge in [-0.05, 0) is 44.0 Å². The average Bonchev–Trinajstić information content (AvgIpc) is 3.34. The highest BCUT2D eigenvalue weighted by Crippen LogP contribution is 2.34. The van der Waals surface area contributed by atoms with Crippen LogP contribution in [-0.2, 0) is 4.74 Å². The van der Waals surface area contributed by atoms with E-state index < -0.39 is 5.97 Å². The van der Waals surface area contributed by atoms with Crippen molar-refractivity contribution in [2.45, 2.75) is 25.9 Å². The van der Waals surface area contributed by atoms with E-state index >= 15 is 0 Å². The molecule has 1 aromatic carbocycles. The summed E-state index contributed by atoms with van der Waals surface area (Å²) in [5, 5.41) is 0.528. The second-order valence-corrected chi connectivity index (χ2v) is 5.38. The minimum Gasteiger partial charge on any atom is -0.489 e. The second kappa shape index (κ2) is 6.32. The Hall–Kier alpha value is -2.14. The van der Waals surface area contributed by atoms with Crippen molar-refractivity contribution >= 4 is 17.6 Å². The van der Waals surface area contributed by atoms with Gasteiger partial charge in [-0.1, -0.05) is 11.6 Å². The van der Waals surface area contributed by atoms with E-state index in [1.165, 1.54) is 6.33 Å². The smallest absolute Gasteiger partial charge is 0.357 e. The summed E-state index contributed by atoms with van der Waals surface area (Å²) in [5.41, 5.74) is 1.63. The number of hydrogen-bond acceptors (Lipinski definition) is 5. The minimum atomic E-state index is -0.467. The first-order valence-electron chi connectivity index (χ1n) is 7.13. The molecule has 0 atom stereocenters. The second-order valence-electron chi connectivity index (χ2n) is 4.97. The van der Waals surface area contributed by atoms with Crippen molar-refractivity contribution in [2.24, 2.45) is 0 Å². The molecule has 0 saturated heterocycles. The highest BCUT2D eigenvalue weighted by Gasteiger charge is 2.24. The number of benzene rings is 1. The number of nitrogens with zero attached hydrogens (tertiary/aromatic N) is 2. The first-order valence-corrected chi connectivity index (χ1v) is 7.51. The van der Waals surface area contributed by atoms with Crippen molar-refractivity contribution in [3.63, 3.8) is 0 Å². The van der Waals surface area contributed by atoms with Gasteiger partial charge in [0.2, 0.25) is 0 Å². The number of esters is 1. The maximum Gasteiger partial charge on any atom is 0.357 e. The van der Waals surface area contributed by atoms with E-state index in [0.29, 0.717) is 23.1 Å². The molecule has 1 aromatic heterocycles. The first kappa shape index (κ1) is 14.8. The van der Waals surface area contributed by atoms with E-state index in [-0.39, 0.29) is 11.8 Å². The molecule has 0 radical (unpaired) electrons. The van der Waals surface area contributed by atoms with E-state index in [4.69, 9.17) is 21.1 Å². The van der Waals surface area contributed by atoms with Crippen LogP contribution in [0.5, 0.6) is 5.75 Å². The fourth-order valence-electron chi connectivity index (χ4n) is 1.95. The summed E-state index contributed by atoms with van der Waals surface area (Å²) in [7, 11) is 0. The van der Waals surface area contributed by atoms with E-state index in [1.807, 2.05) is 12.1 Å². The van der Waals surface area contributed by atoms with Crippen molar-refractivity contribution in [1.82, 2.24) is 9.97 Å². The highest BCUT2D eigenvalue weighted by molar-refractivity contribution is 6.32. The molecule has 1 aliphatic carbocycles. The third-order valence-electron chi connectivity index (χ3n) is 3.20. The maximum atomic E-state index is 11.7. The Balaban J connectivity index is 1.85. The molecule has 0 bridgehead atoms. The van der Waals surface area contributed by atoms with Gasteiger partial charge in [-0.25, -0.2) is 14.8 Å². The lowest BCUT2D eigenvalue weighted by Gasteiger charge is -2.09. The summed E-state index contributed by atoms with van der Waals surface area (Å²) in [6.07, 6.45) is 3.78. The Morgan fingerprint density at radius 1 is 1.32 bits per heavy atom. The zero-order valence-electron chi connectivity index (χ0n) is 12.1. The highest BCUT2D eigenvalue weighted by atomic mass is 35.5. The summed E-state index contributed by atoms with van der Waals surface area (Å²) in [6, 6.07) is 7.05. The monoisotopic (exact) mass is 318 g/mol. The van der Waals surface area contributed by atoms with Gasteiger partial charge in [0, 0.05) is 5.56 Å². The lowest BCUT2D eigenvalue weighted by Crippen LogP contribution is -2.07. The number of aromatic nitrogens is 2. The van der Waals surface area contributed by atoms with Gasteiger partial charge in [0.15, 0.2) is 5.69 Å².